The maximum absolute atomic E-state index is 13.0. The van der Waals surface area contributed by atoms with Crippen LogP contribution in [0.2, 0.25) is 5.02 Å². The number of nitrogens with zero attached hydrogens (tertiary/aromatic N) is 5. The molecular formula is C21H25ClN6O2. The number of anilines is 1. The van der Waals surface area contributed by atoms with Crippen LogP contribution in [0.15, 0.2) is 39.0 Å². The minimum atomic E-state index is -0.422. The van der Waals surface area contributed by atoms with Crippen molar-refractivity contribution in [1.29, 1.82) is 0 Å². The second kappa shape index (κ2) is 8.10. The topological polar surface area (TPSA) is 86.2 Å². The van der Waals surface area contributed by atoms with Gasteiger partial charge in [0.25, 0.3) is 5.56 Å². The third kappa shape index (κ3) is 3.67. The van der Waals surface area contributed by atoms with Crippen molar-refractivity contribution in [3.05, 3.63) is 55.7 Å². The zero-order valence-corrected chi connectivity index (χ0v) is 18.1. The number of imidazole rings is 1. The molecule has 1 N–H and O–H groups in total. The molecule has 2 heterocycles. The molecule has 0 aliphatic heterocycles. The molecule has 1 unspecified atom stereocenters. The van der Waals surface area contributed by atoms with Crippen molar-refractivity contribution in [3.8, 4) is 0 Å². The van der Waals surface area contributed by atoms with E-state index in [-0.39, 0.29) is 0 Å². The van der Waals surface area contributed by atoms with Crippen LogP contribution < -0.4 is 16.7 Å². The van der Waals surface area contributed by atoms with Crippen LogP contribution in [0.4, 0.5) is 5.95 Å². The molecule has 30 heavy (non-hydrogen) atoms. The Labute approximate surface area is 178 Å². The highest BCUT2D eigenvalue weighted by Crippen LogP contribution is 2.24. The van der Waals surface area contributed by atoms with Crippen molar-refractivity contribution in [3.63, 3.8) is 0 Å². The van der Waals surface area contributed by atoms with Crippen molar-refractivity contribution < 1.29 is 0 Å². The Balaban J connectivity index is 1.86. The molecule has 0 bridgehead atoms. The highest BCUT2D eigenvalue weighted by Gasteiger charge is 2.20. The number of fused-ring (bicyclic) bond motifs is 1. The molecule has 0 saturated heterocycles. The van der Waals surface area contributed by atoms with Crippen LogP contribution >= 0.6 is 11.6 Å². The molecule has 1 atom stereocenters. The largest absolute Gasteiger partial charge is 0.332 e. The van der Waals surface area contributed by atoms with Gasteiger partial charge in [0.1, 0.15) is 0 Å². The van der Waals surface area contributed by atoms with E-state index in [0.717, 1.165) is 35.1 Å². The van der Waals surface area contributed by atoms with Gasteiger partial charge in [0.15, 0.2) is 11.2 Å². The summed E-state index contributed by atoms with van der Waals surface area (Å²) in [4.78, 5) is 29.9. The van der Waals surface area contributed by atoms with Crippen LogP contribution in [-0.4, -0.2) is 24.4 Å². The van der Waals surface area contributed by atoms with Gasteiger partial charge in [-0.25, -0.2) is 10.2 Å². The predicted molar refractivity (Wildman–Crippen MR) is 119 cm³/mol. The standard InChI is InChI=1S/C21H25ClN6O2/c1-13-7-6-9-15(11-13)24-25-20-23-18-17(19(29)27(3)21(30)26(18)2)28(20)12-14-8-4-5-10-16(14)22/h4-5,8,10,13H,6-7,9,11-12H2,1-3H3,(H,23,25)/b24-15+. The molecule has 158 valence electrons. The van der Waals surface area contributed by atoms with Crippen LogP contribution in [0.25, 0.3) is 11.2 Å². The number of aryl methyl sites for hydroxylation is 1. The highest BCUT2D eigenvalue weighted by atomic mass is 35.5. The lowest BCUT2D eigenvalue weighted by atomic mass is 9.89. The van der Waals surface area contributed by atoms with Crippen LogP contribution in [0.1, 0.15) is 38.2 Å². The fraction of sp³-hybridized carbons (Fsp3) is 0.429. The summed E-state index contributed by atoms with van der Waals surface area (Å²) in [7, 11) is 3.07. The van der Waals surface area contributed by atoms with Crippen LogP contribution in [0.3, 0.4) is 0 Å². The van der Waals surface area contributed by atoms with Gasteiger partial charge in [-0.2, -0.15) is 10.1 Å². The van der Waals surface area contributed by atoms with E-state index in [1.54, 1.807) is 17.7 Å². The van der Waals surface area contributed by atoms with E-state index in [0.29, 0.717) is 34.6 Å². The van der Waals surface area contributed by atoms with Crippen molar-refractivity contribution >= 4 is 34.4 Å². The van der Waals surface area contributed by atoms with E-state index in [9.17, 15) is 9.59 Å². The average Bonchev–Trinajstić information content (AvgIpc) is 3.09. The van der Waals surface area contributed by atoms with Crippen LogP contribution in [0, 0.1) is 5.92 Å². The van der Waals surface area contributed by atoms with Crippen molar-refractivity contribution in [2.75, 3.05) is 5.43 Å². The Morgan fingerprint density at radius 1 is 1.23 bits per heavy atom. The molecule has 9 heteroatoms. The number of hydrazone groups is 1. The van der Waals surface area contributed by atoms with Crippen molar-refractivity contribution in [2.24, 2.45) is 25.1 Å². The second-order valence-electron chi connectivity index (χ2n) is 7.98. The van der Waals surface area contributed by atoms with Crippen molar-refractivity contribution in [1.82, 2.24) is 18.7 Å². The fourth-order valence-electron chi connectivity index (χ4n) is 3.97. The molecule has 3 aromatic rings. The van der Waals surface area contributed by atoms with E-state index in [4.69, 9.17) is 11.6 Å². The molecule has 0 amide bonds. The summed E-state index contributed by atoms with van der Waals surface area (Å²) in [6, 6.07) is 7.46. The molecule has 1 saturated carbocycles. The molecule has 0 spiro atoms. The monoisotopic (exact) mass is 428 g/mol. The molecule has 1 aliphatic carbocycles. The Morgan fingerprint density at radius 3 is 2.73 bits per heavy atom. The maximum Gasteiger partial charge on any atom is 0.332 e. The number of halogens is 1. The number of nitrogens with one attached hydrogen (secondary N) is 1. The summed E-state index contributed by atoms with van der Waals surface area (Å²) in [5, 5.41) is 5.18. The lowest BCUT2D eigenvalue weighted by molar-refractivity contribution is 0.500. The Kier molecular flexibility index (Phi) is 5.51. The Morgan fingerprint density at radius 2 is 2.00 bits per heavy atom. The molecule has 1 aromatic carbocycles. The quantitative estimate of drug-likeness (QED) is 0.647. The molecule has 8 nitrogen and oxygen atoms in total. The van der Waals surface area contributed by atoms with Crippen LogP contribution in [-0.2, 0) is 20.6 Å². The van der Waals surface area contributed by atoms with Gasteiger partial charge < -0.3 is 0 Å². The Bertz CT molecular complexity index is 1250. The first-order valence-electron chi connectivity index (χ1n) is 10.1. The van der Waals surface area contributed by atoms with Gasteiger partial charge in [-0.05, 0) is 43.2 Å². The van der Waals surface area contributed by atoms with Crippen LogP contribution in [0.5, 0.6) is 0 Å². The minimum absolute atomic E-state index is 0.315. The number of benzene rings is 1. The summed E-state index contributed by atoms with van der Waals surface area (Å²) in [6.07, 6.45) is 4.22. The summed E-state index contributed by atoms with van der Waals surface area (Å²) >= 11 is 6.37. The van der Waals surface area contributed by atoms with E-state index in [2.05, 4.69) is 22.4 Å². The summed E-state index contributed by atoms with van der Waals surface area (Å²) in [5.41, 5.74) is 4.81. The first kappa shape index (κ1) is 20.4. The Hall–Kier alpha value is -2.87. The van der Waals surface area contributed by atoms with Gasteiger partial charge in [0.2, 0.25) is 5.95 Å². The molecule has 4 rings (SSSR count). The van der Waals surface area contributed by atoms with Gasteiger partial charge in [0, 0.05) is 24.8 Å². The van der Waals surface area contributed by atoms with Crippen molar-refractivity contribution in [2.45, 2.75) is 39.2 Å². The number of hydrogen-bond donors (Lipinski definition) is 1. The first-order valence-corrected chi connectivity index (χ1v) is 10.5. The molecular weight excluding hydrogens is 404 g/mol. The zero-order valence-electron chi connectivity index (χ0n) is 17.4. The van der Waals surface area contributed by atoms with Gasteiger partial charge in [0.05, 0.1) is 6.54 Å². The third-order valence-electron chi connectivity index (χ3n) is 5.69. The first-order chi connectivity index (χ1) is 14.4. The SMILES string of the molecule is CC1CCC/C(=N\Nc2nc3c(c(=O)n(C)c(=O)n3C)n2Cc2ccccc2Cl)C1. The normalized spacial score (nSPS) is 18.3. The number of rotatable bonds is 4. The molecule has 0 radical (unpaired) electrons. The smallest absolute Gasteiger partial charge is 0.298 e. The van der Waals surface area contributed by atoms with Gasteiger partial charge >= 0.3 is 5.69 Å². The van der Waals surface area contributed by atoms with E-state index in [1.807, 2.05) is 18.2 Å². The van der Waals surface area contributed by atoms with Gasteiger partial charge in [-0.3, -0.25) is 18.5 Å². The summed E-state index contributed by atoms with van der Waals surface area (Å²) in [5.74, 6) is 1.02. The predicted octanol–water partition coefficient (Wildman–Crippen LogP) is 3.11. The molecule has 1 aliphatic rings. The van der Waals surface area contributed by atoms with Gasteiger partial charge in [-0.1, -0.05) is 36.7 Å². The number of aromatic nitrogens is 4. The lowest BCUT2D eigenvalue weighted by Crippen LogP contribution is -2.37. The lowest BCUT2D eigenvalue weighted by Gasteiger charge is -2.19. The maximum atomic E-state index is 13.0. The van der Waals surface area contributed by atoms with E-state index in [1.165, 1.54) is 18.0 Å². The summed E-state index contributed by atoms with van der Waals surface area (Å²) < 4.78 is 4.21. The van der Waals surface area contributed by atoms with Gasteiger partial charge in [-0.15, -0.1) is 0 Å². The molecule has 1 fully saturated rings. The second-order valence-corrected chi connectivity index (χ2v) is 8.39. The third-order valence-corrected chi connectivity index (χ3v) is 6.06. The average molecular weight is 429 g/mol. The zero-order chi connectivity index (χ0) is 21.4. The molecule has 2 aromatic heterocycles. The summed E-state index contributed by atoms with van der Waals surface area (Å²) in [6.45, 7) is 2.55. The fourth-order valence-corrected chi connectivity index (χ4v) is 4.17. The van der Waals surface area contributed by atoms with E-state index < -0.39 is 11.2 Å². The van der Waals surface area contributed by atoms with E-state index >= 15 is 0 Å². The highest BCUT2D eigenvalue weighted by molar-refractivity contribution is 6.31. The minimum Gasteiger partial charge on any atom is -0.298 e. The number of hydrogen-bond acceptors (Lipinski definition) is 5.